The number of aliphatic carboxylic acids is 1. The third-order valence-electron chi connectivity index (χ3n) is 4.82. The van der Waals surface area contributed by atoms with Gasteiger partial charge in [0.1, 0.15) is 11.8 Å². The van der Waals surface area contributed by atoms with Gasteiger partial charge in [-0.25, -0.2) is 0 Å². The van der Waals surface area contributed by atoms with Crippen LogP contribution in [0.4, 0.5) is 0 Å². The largest absolute Gasteiger partial charge is 0.480 e. The Hall–Kier alpha value is -0.705. The van der Waals surface area contributed by atoms with Crippen LogP contribution in [0.15, 0.2) is 0 Å². The number of piperidine rings is 1. The monoisotopic (exact) mass is 345 g/mol. The molecule has 1 aliphatic heterocycles. The number of unbranched alkanes of at least 4 members (excludes halogenated alkanes) is 1. The van der Waals surface area contributed by atoms with Gasteiger partial charge in [0, 0.05) is 12.1 Å². The number of hydrogen-bond acceptors (Lipinski definition) is 7. The molecule has 9 heteroatoms. The summed E-state index contributed by atoms with van der Waals surface area (Å²) in [6, 6.07) is -0.546. The average Bonchev–Trinajstić information content (AvgIpc) is 2.50. The molecule has 4 atom stereocenters. The molecule has 0 aliphatic carbocycles. The van der Waals surface area contributed by atoms with Crippen molar-refractivity contribution in [3.63, 3.8) is 0 Å². The lowest BCUT2D eigenvalue weighted by molar-refractivity contribution is -0.147. The highest BCUT2D eigenvalue weighted by Crippen LogP contribution is 2.27. The lowest BCUT2D eigenvalue weighted by Crippen LogP contribution is -2.62. The van der Waals surface area contributed by atoms with E-state index >= 15 is 0 Å². The fourth-order valence-electron chi connectivity index (χ4n) is 3.15. The Morgan fingerprint density at radius 2 is 2.08 bits per heavy atom. The third kappa shape index (κ3) is 6.31. The Morgan fingerprint density at radius 1 is 1.42 bits per heavy atom. The lowest BCUT2D eigenvalue weighted by Gasteiger charge is -2.40. The van der Waals surface area contributed by atoms with Gasteiger partial charge < -0.3 is 31.3 Å². The number of carboxylic acid groups (broad SMARTS) is 1. The van der Waals surface area contributed by atoms with Gasteiger partial charge in [0.2, 0.25) is 0 Å². The normalized spacial score (nSPS) is 27.0. The van der Waals surface area contributed by atoms with Gasteiger partial charge >= 0.3 is 13.1 Å². The molecule has 8 N–H and O–H groups in total. The fourth-order valence-corrected chi connectivity index (χ4v) is 3.15. The minimum Gasteiger partial charge on any atom is -0.480 e. The van der Waals surface area contributed by atoms with E-state index in [1.165, 1.54) is 0 Å². The Balaban J connectivity index is 2.61. The van der Waals surface area contributed by atoms with Crippen molar-refractivity contribution in [2.24, 2.45) is 11.7 Å². The minimum absolute atomic E-state index is 0.114. The zero-order valence-electron chi connectivity index (χ0n) is 14.6. The first-order valence-electron chi connectivity index (χ1n) is 8.72. The second kappa shape index (κ2) is 9.69. The van der Waals surface area contributed by atoms with Crippen molar-refractivity contribution in [3.05, 3.63) is 0 Å². The van der Waals surface area contributed by atoms with Crippen molar-refractivity contribution >= 4 is 13.1 Å². The number of rotatable bonds is 10. The van der Waals surface area contributed by atoms with Gasteiger partial charge in [0.25, 0.3) is 0 Å². The minimum atomic E-state index is -1.35. The van der Waals surface area contributed by atoms with Crippen LogP contribution in [0.25, 0.3) is 0 Å². The van der Waals surface area contributed by atoms with E-state index in [2.05, 4.69) is 10.6 Å². The third-order valence-corrected chi connectivity index (χ3v) is 4.82. The van der Waals surface area contributed by atoms with Crippen molar-refractivity contribution < 1.29 is 25.1 Å². The number of carboxylic acids is 1. The molecule has 0 aromatic rings. The number of carbonyl (C=O) groups is 1. The molecule has 0 saturated carbocycles. The molecule has 0 aromatic heterocycles. The molecule has 140 valence electrons. The van der Waals surface area contributed by atoms with E-state index in [0.717, 1.165) is 0 Å². The second-order valence-electron chi connectivity index (χ2n) is 7.16. The van der Waals surface area contributed by atoms with Gasteiger partial charge in [-0.05, 0) is 38.0 Å². The van der Waals surface area contributed by atoms with Crippen LogP contribution in [-0.2, 0) is 4.79 Å². The molecular weight excluding hydrogens is 313 g/mol. The van der Waals surface area contributed by atoms with Crippen LogP contribution in [-0.4, -0.2) is 63.7 Å². The first-order chi connectivity index (χ1) is 11.2. The van der Waals surface area contributed by atoms with Gasteiger partial charge in [-0.2, -0.15) is 0 Å². The van der Waals surface area contributed by atoms with E-state index in [-0.39, 0.29) is 18.3 Å². The SMILES string of the molecule is CC(C)[C@@H](N)C(O)N[C@H]1CCN[C@@](CCCCB(O)O)(C(=O)O)C1. The first kappa shape index (κ1) is 21.3. The number of aliphatic hydroxyl groups is 1. The van der Waals surface area contributed by atoms with Gasteiger partial charge in [-0.15, -0.1) is 0 Å². The molecule has 0 aromatic carbocycles. The Labute approximate surface area is 144 Å². The smallest absolute Gasteiger partial charge is 0.451 e. The standard InChI is InChI=1S/C15H32BN3O5/c1-10(2)12(17)13(20)19-11-5-8-18-15(9-11,14(21)22)6-3-4-7-16(23)24/h10-13,18-20,23-24H,3-9,17H2,1-2H3,(H,21,22)/t11-,12+,13?,15+/m0/s1. The van der Waals surface area contributed by atoms with Gasteiger partial charge in [0.15, 0.2) is 0 Å². The van der Waals surface area contributed by atoms with Gasteiger partial charge in [-0.3, -0.25) is 10.1 Å². The summed E-state index contributed by atoms with van der Waals surface area (Å²) in [5.74, 6) is -0.801. The number of hydrogen-bond donors (Lipinski definition) is 7. The summed E-state index contributed by atoms with van der Waals surface area (Å²) in [6.07, 6.45) is 1.96. The van der Waals surface area contributed by atoms with Crippen molar-refractivity contribution in [3.8, 4) is 0 Å². The summed E-state index contributed by atoms with van der Waals surface area (Å²) in [6.45, 7) is 4.39. The second-order valence-corrected chi connectivity index (χ2v) is 7.16. The van der Waals surface area contributed by atoms with Crippen molar-refractivity contribution in [1.82, 2.24) is 10.6 Å². The summed E-state index contributed by atoms with van der Waals surface area (Å²) in [5.41, 5.74) is 4.88. The molecule has 8 nitrogen and oxygen atoms in total. The summed E-state index contributed by atoms with van der Waals surface area (Å²) in [4.78, 5) is 11.8. The molecule has 0 spiro atoms. The highest BCUT2D eigenvalue weighted by Gasteiger charge is 2.42. The first-order valence-corrected chi connectivity index (χ1v) is 8.72. The van der Waals surface area contributed by atoms with Gasteiger partial charge in [0.05, 0.1) is 0 Å². The molecule has 1 unspecified atom stereocenters. The van der Waals surface area contributed by atoms with E-state index in [1.54, 1.807) is 0 Å². The molecule has 1 heterocycles. The number of aliphatic hydroxyl groups excluding tert-OH is 1. The Bertz CT molecular complexity index is 399. The van der Waals surface area contributed by atoms with Gasteiger partial charge in [-0.1, -0.05) is 26.7 Å². The molecule has 24 heavy (non-hydrogen) atoms. The summed E-state index contributed by atoms with van der Waals surface area (Å²) in [7, 11) is -1.35. The van der Waals surface area contributed by atoms with E-state index in [0.29, 0.717) is 38.6 Å². The molecule has 1 rings (SSSR count). The van der Waals surface area contributed by atoms with Crippen molar-refractivity contribution in [1.29, 1.82) is 0 Å². The maximum Gasteiger partial charge on any atom is 0.451 e. The zero-order chi connectivity index (χ0) is 18.3. The fraction of sp³-hybridized carbons (Fsp3) is 0.933. The quantitative estimate of drug-likeness (QED) is 0.153. The summed E-state index contributed by atoms with van der Waals surface area (Å²) >= 11 is 0. The highest BCUT2D eigenvalue weighted by molar-refractivity contribution is 6.40. The maximum absolute atomic E-state index is 11.8. The van der Waals surface area contributed by atoms with Crippen LogP contribution in [0.2, 0.25) is 6.32 Å². The summed E-state index contributed by atoms with van der Waals surface area (Å²) < 4.78 is 0. The zero-order valence-corrected chi connectivity index (χ0v) is 14.6. The van der Waals surface area contributed by atoms with Crippen molar-refractivity contribution in [2.75, 3.05) is 6.54 Å². The van der Waals surface area contributed by atoms with E-state index in [1.807, 2.05) is 13.8 Å². The van der Waals surface area contributed by atoms with E-state index in [9.17, 15) is 15.0 Å². The molecular formula is C15H32BN3O5. The Morgan fingerprint density at radius 3 is 2.62 bits per heavy atom. The molecule has 0 bridgehead atoms. The predicted octanol–water partition coefficient (Wildman–Crippen LogP) is -0.904. The van der Waals surface area contributed by atoms with Crippen LogP contribution in [0.1, 0.15) is 46.0 Å². The molecule has 0 radical (unpaired) electrons. The van der Waals surface area contributed by atoms with E-state index < -0.39 is 30.9 Å². The molecule has 0 amide bonds. The number of nitrogens with two attached hydrogens (primary N) is 1. The van der Waals surface area contributed by atoms with Crippen LogP contribution >= 0.6 is 0 Å². The Kier molecular flexibility index (Phi) is 8.62. The number of nitrogens with one attached hydrogen (secondary N) is 2. The van der Waals surface area contributed by atoms with Crippen LogP contribution < -0.4 is 16.4 Å². The lowest BCUT2D eigenvalue weighted by atomic mass is 9.78. The van der Waals surface area contributed by atoms with Crippen LogP contribution in [0.3, 0.4) is 0 Å². The van der Waals surface area contributed by atoms with Crippen LogP contribution in [0.5, 0.6) is 0 Å². The predicted molar refractivity (Wildman–Crippen MR) is 92.2 cm³/mol. The highest BCUT2D eigenvalue weighted by atomic mass is 16.4. The van der Waals surface area contributed by atoms with Crippen LogP contribution in [0, 0.1) is 5.92 Å². The average molecular weight is 345 g/mol. The summed E-state index contributed by atoms with van der Waals surface area (Å²) in [5, 5.41) is 43.7. The topological polar surface area (TPSA) is 148 Å². The molecule has 1 fully saturated rings. The van der Waals surface area contributed by atoms with E-state index in [4.69, 9.17) is 15.8 Å². The molecule has 1 saturated heterocycles. The molecule has 1 aliphatic rings. The van der Waals surface area contributed by atoms with Crippen molar-refractivity contribution in [2.45, 2.75) is 76.1 Å². The maximum atomic E-state index is 11.8.